The maximum Gasteiger partial charge on any atom is 0.172 e. The molecular weight excluding hydrogens is 326 g/mol. The van der Waals surface area contributed by atoms with Crippen molar-refractivity contribution in [3.8, 4) is 0 Å². The molecule has 0 spiro atoms. The predicted octanol–water partition coefficient (Wildman–Crippen LogP) is 3.40. The number of nitrogens with zero attached hydrogens (tertiary/aromatic N) is 2. The van der Waals surface area contributed by atoms with Crippen LogP contribution in [0.3, 0.4) is 0 Å². The minimum absolute atomic E-state index is 0.0575. The van der Waals surface area contributed by atoms with Gasteiger partial charge in [-0.1, -0.05) is 29.1 Å². The molecule has 2 aromatic rings. The summed E-state index contributed by atoms with van der Waals surface area (Å²) in [6, 6.07) is 11.5. The van der Waals surface area contributed by atoms with Gasteiger partial charge in [0.25, 0.3) is 0 Å². The van der Waals surface area contributed by atoms with Crippen molar-refractivity contribution in [3.63, 3.8) is 0 Å². The van der Waals surface area contributed by atoms with Gasteiger partial charge in [-0.25, -0.2) is 4.98 Å². The molecule has 0 amide bonds. The van der Waals surface area contributed by atoms with Crippen molar-refractivity contribution >= 4 is 33.5 Å². The van der Waals surface area contributed by atoms with E-state index < -0.39 is 0 Å². The van der Waals surface area contributed by atoms with Crippen molar-refractivity contribution in [2.75, 3.05) is 0 Å². The Kier molecular flexibility index (Phi) is 4.44. The molecule has 0 unspecified atom stereocenters. The smallest absolute Gasteiger partial charge is 0.172 e. The number of benzene rings is 1. The average Bonchev–Trinajstić information content (AvgIpc) is 2.41. The normalized spacial score (nSPS) is 11.6. The lowest BCUT2D eigenvalue weighted by molar-refractivity contribution is 0.318. The van der Waals surface area contributed by atoms with Gasteiger partial charge in [0.05, 0.1) is 5.56 Å². The highest BCUT2D eigenvalue weighted by molar-refractivity contribution is 9.10. The molecule has 98 valence electrons. The lowest BCUT2D eigenvalue weighted by Crippen LogP contribution is -2.15. The van der Waals surface area contributed by atoms with Crippen LogP contribution in [0.15, 0.2) is 55.9 Å². The van der Waals surface area contributed by atoms with Crippen molar-refractivity contribution in [2.45, 2.75) is 16.8 Å². The van der Waals surface area contributed by atoms with Crippen molar-refractivity contribution in [1.29, 1.82) is 0 Å². The summed E-state index contributed by atoms with van der Waals surface area (Å²) in [5.74, 6) is 0.0575. The second-order valence-electron chi connectivity index (χ2n) is 3.82. The first kappa shape index (κ1) is 13.9. The van der Waals surface area contributed by atoms with Gasteiger partial charge >= 0.3 is 0 Å². The minimum Gasteiger partial charge on any atom is -0.409 e. The number of halogens is 1. The molecule has 6 heteroatoms. The van der Waals surface area contributed by atoms with Gasteiger partial charge in [0, 0.05) is 15.1 Å². The Hall–Kier alpha value is -1.53. The van der Waals surface area contributed by atoms with Crippen LogP contribution in [0.2, 0.25) is 0 Å². The SMILES string of the molecule is Cc1ccc(C(N)=NO)c(Sc2ccccc2Br)n1. The summed E-state index contributed by atoms with van der Waals surface area (Å²) in [5, 5.41) is 12.6. The second-order valence-corrected chi connectivity index (χ2v) is 5.71. The first-order valence-electron chi connectivity index (χ1n) is 5.49. The van der Waals surface area contributed by atoms with Crippen LogP contribution in [-0.2, 0) is 0 Å². The molecule has 0 aliphatic heterocycles. The first-order valence-corrected chi connectivity index (χ1v) is 7.10. The second kappa shape index (κ2) is 6.08. The third-order valence-corrected chi connectivity index (χ3v) is 4.46. The summed E-state index contributed by atoms with van der Waals surface area (Å²) in [6.07, 6.45) is 0. The average molecular weight is 338 g/mol. The Balaban J connectivity index is 2.44. The van der Waals surface area contributed by atoms with Gasteiger partial charge in [0.2, 0.25) is 0 Å². The molecule has 0 aliphatic rings. The number of rotatable bonds is 3. The van der Waals surface area contributed by atoms with Crippen LogP contribution in [0.25, 0.3) is 0 Å². The van der Waals surface area contributed by atoms with E-state index in [-0.39, 0.29) is 5.84 Å². The van der Waals surface area contributed by atoms with Gasteiger partial charge in [-0.3, -0.25) is 0 Å². The fourth-order valence-electron chi connectivity index (χ4n) is 1.49. The zero-order valence-corrected chi connectivity index (χ0v) is 12.6. The Morgan fingerprint density at radius 1 is 1.32 bits per heavy atom. The summed E-state index contributed by atoms with van der Waals surface area (Å²) >= 11 is 4.96. The van der Waals surface area contributed by atoms with Gasteiger partial charge in [-0.15, -0.1) is 0 Å². The van der Waals surface area contributed by atoms with E-state index in [2.05, 4.69) is 26.1 Å². The molecule has 0 atom stereocenters. The van der Waals surface area contributed by atoms with Crippen molar-refractivity contribution in [3.05, 3.63) is 52.1 Å². The maximum absolute atomic E-state index is 8.82. The summed E-state index contributed by atoms with van der Waals surface area (Å²) in [4.78, 5) is 5.47. The molecule has 19 heavy (non-hydrogen) atoms. The molecule has 0 fully saturated rings. The van der Waals surface area contributed by atoms with Crippen LogP contribution in [0.5, 0.6) is 0 Å². The largest absolute Gasteiger partial charge is 0.409 e. The zero-order chi connectivity index (χ0) is 13.8. The third-order valence-electron chi connectivity index (χ3n) is 2.43. The molecule has 2 rings (SSSR count). The number of oxime groups is 1. The molecule has 0 bridgehead atoms. The lowest BCUT2D eigenvalue weighted by atomic mass is 10.2. The van der Waals surface area contributed by atoms with E-state index in [9.17, 15) is 0 Å². The van der Waals surface area contributed by atoms with E-state index in [1.807, 2.05) is 37.3 Å². The molecule has 1 aromatic heterocycles. The van der Waals surface area contributed by atoms with Gasteiger partial charge in [0.15, 0.2) is 5.84 Å². The van der Waals surface area contributed by atoms with Crippen LogP contribution < -0.4 is 5.73 Å². The zero-order valence-electron chi connectivity index (χ0n) is 10.2. The van der Waals surface area contributed by atoms with Crippen LogP contribution in [0.4, 0.5) is 0 Å². The van der Waals surface area contributed by atoms with Gasteiger partial charge in [-0.2, -0.15) is 0 Å². The quantitative estimate of drug-likeness (QED) is 0.389. The molecular formula is C13H12BrN3OS. The fourth-order valence-corrected chi connectivity index (χ4v) is 3.01. The number of aromatic nitrogens is 1. The van der Waals surface area contributed by atoms with Crippen LogP contribution in [-0.4, -0.2) is 16.0 Å². The summed E-state index contributed by atoms with van der Waals surface area (Å²) < 4.78 is 0.980. The molecule has 0 saturated heterocycles. The van der Waals surface area contributed by atoms with Gasteiger partial charge < -0.3 is 10.9 Å². The lowest BCUT2D eigenvalue weighted by Gasteiger charge is -2.09. The molecule has 0 saturated carbocycles. The summed E-state index contributed by atoms with van der Waals surface area (Å²) in [7, 11) is 0. The number of pyridine rings is 1. The van der Waals surface area contributed by atoms with E-state index in [1.165, 1.54) is 11.8 Å². The van der Waals surface area contributed by atoms with Crippen LogP contribution >= 0.6 is 27.7 Å². The highest BCUT2D eigenvalue weighted by Gasteiger charge is 2.12. The van der Waals surface area contributed by atoms with Crippen molar-refractivity contribution < 1.29 is 5.21 Å². The van der Waals surface area contributed by atoms with E-state index >= 15 is 0 Å². The third kappa shape index (κ3) is 3.27. The monoisotopic (exact) mass is 337 g/mol. The van der Waals surface area contributed by atoms with Crippen LogP contribution in [0, 0.1) is 6.92 Å². The van der Waals surface area contributed by atoms with Gasteiger partial charge in [0.1, 0.15) is 5.03 Å². The maximum atomic E-state index is 8.82. The Morgan fingerprint density at radius 3 is 2.74 bits per heavy atom. The Labute approximate surface area is 123 Å². The summed E-state index contributed by atoms with van der Waals surface area (Å²) in [5.41, 5.74) is 7.17. The van der Waals surface area contributed by atoms with E-state index in [0.29, 0.717) is 10.6 Å². The first-order chi connectivity index (χ1) is 9.11. The topological polar surface area (TPSA) is 71.5 Å². The van der Waals surface area contributed by atoms with E-state index in [4.69, 9.17) is 10.9 Å². The van der Waals surface area contributed by atoms with Gasteiger partial charge in [-0.05, 0) is 47.1 Å². The van der Waals surface area contributed by atoms with Crippen molar-refractivity contribution in [1.82, 2.24) is 4.98 Å². The molecule has 4 nitrogen and oxygen atoms in total. The highest BCUT2D eigenvalue weighted by atomic mass is 79.9. The summed E-state index contributed by atoms with van der Waals surface area (Å²) in [6.45, 7) is 1.90. The minimum atomic E-state index is 0.0575. The van der Waals surface area contributed by atoms with E-state index in [1.54, 1.807) is 6.07 Å². The molecule has 3 N–H and O–H groups in total. The molecule has 0 aliphatic carbocycles. The number of hydrogen-bond donors (Lipinski definition) is 2. The standard InChI is InChI=1S/C13H12BrN3OS/c1-8-6-7-9(12(15)17-18)13(16-8)19-11-5-3-2-4-10(11)14/h2-7,18H,1H3,(H2,15,17). The fraction of sp³-hybridized carbons (Fsp3) is 0.0769. The molecule has 1 heterocycles. The van der Waals surface area contributed by atoms with E-state index in [0.717, 1.165) is 15.1 Å². The Bertz CT molecular complexity index is 631. The number of nitrogens with two attached hydrogens (primary N) is 1. The van der Waals surface area contributed by atoms with Crippen molar-refractivity contribution in [2.24, 2.45) is 10.9 Å². The number of aryl methyl sites for hydroxylation is 1. The molecule has 0 radical (unpaired) electrons. The highest BCUT2D eigenvalue weighted by Crippen LogP contribution is 2.34. The number of amidine groups is 1. The number of hydrogen-bond acceptors (Lipinski definition) is 4. The Morgan fingerprint density at radius 2 is 2.05 bits per heavy atom. The van der Waals surface area contributed by atoms with Crippen LogP contribution in [0.1, 0.15) is 11.3 Å². The predicted molar refractivity (Wildman–Crippen MR) is 79.7 cm³/mol. The molecule has 1 aromatic carbocycles.